The third-order valence-corrected chi connectivity index (χ3v) is 9.90. The SMILES string of the molecule is COC(=O)C1=C(C(=O)OC)C2(c3ccccc3-c3c([N+](=O)[O-])cccc32)C2(C=Cc3ccc(F)cc3)c3cc(OC)c(OC)cc3CCN12. The normalized spacial score (nSPS) is 20.1. The van der Waals surface area contributed by atoms with Crippen molar-refractivity contribution in [2.24, 2.45) is 0 Å². The van der Waals surface area contributed by atoms with Crippen molar-refractivity contribution in [1.82, 2.24) is 4.90 Å². The van der Waals surface area contributed by atoms with E-state index in [0.29, 0.717) is 51.3 Å². The number of fused-ring (bicyclic) bond motifs is 9. The van der Waals surface area contributed by atoms with Crippen LogP contribution in [0.1, 0.15) is 27.8 Å². The molecule has 248 valence electrons. The van der Waals surface area contributed by atoms with E-state index in [1.54, 1.807) is 48.5 Å². The lowest BCUT2D eigenvalue weighted by Crippen LogP contribution is -2.57. The standard InChI is InChI=1S/C38H31FN2O8/c1-46-30-20-23-17-19-40-34(36(43)49-4)33(35(42)48-3)38(26-9-6-5-8-25(26)32-27(38)10-7-11-29(32)41(44)45)37(40,28(23)21-31(30)47-2)18-16-22-12-14-24(39)15-13-22/h5-16,18,20-21H,17,19H2,1-4H3. The minimum Gasteiger partial charge on any atom is -0.493 e. The minimum atomic E-state index is -1.62. The zero-order valence-corrected chi connectivity index (χ0v) is 27.1. The van der Waals surface area contributed by atoms with Crippen molar-refractivity contribution in [3.05, 3.63) is 140 Å². The van der Waals surface area contributed by atoms with Crippen molar-refractivity contribution in [2.75, 3.05) is 35.0 Å². The first kappa shape index (κ1) is 31.6. The molecule has 49 heavy (non-hydrogen) atoms. The molecule has 2 aliphatic heterocycles. The molecule has 0 bridgehead atoms. The molecule has 0 amide bonds. The van der Waals surface area contributed by atoms with Gasteiger partial charge in [-0.2, -0.15) is 0 Å². The molecule has 2 heterocycles. The van der Waals surface area contributed by atoms with Gasteiger partial charge in [-0.25, -0.2) is 14.0 Å². The van der Waals surface area contributed by atoms with Crippen molar-refractivity contribution in [3.8, 4) is 22.6 Å². The molecule has 4 aromatic carbocycles. The van der Waals surface area contributed by atoms with Crippen LogP contribution in [0, 0.1) is 15.9 Å². The molecule has 4 aromatic rings. The van der Waals surface area contributed by atoms with Gasteiger partial charge in [0.15, 0.2) is 11.5 Å². The van der Waals surface area contributed by atoms with Gasteiger partial charge in [0.05, 0.1) is 49.9 Å². The van der Waals surface area contributed by atoms with Crippen molar-refractivity contribution >= 4 is 23.7 Å². The van der Waals surface area contributed by atoms with Gasteiger partial charge in [-0.15, -0.1) is 0 Å². The Morgan fingerprint density at radius 3 is 2.20 bits per heavy atom. The van der Waals surface area contributed by atoms with E-state index in [9.17, 15) is 24.1 Å². The third-order valence-electron chi connectivity index (χ3n) is 9.90. The first-order valence-corrected chi connectivity index (χ1v) is 15.5. The summed E-state index contributed by atoms with van der Waals surface area (Å²) in [6, 6.07) is 21.5. The average Bonchev–Trinajstić information content (AvgIpc) is 3.58. The number of ether oxygens (including phenoxy) is 4. The van der Waals surface area contributed by atoms with Crippen molar-refractivity contribution in [3.63, 3.8) is 0 Å². The number of methoxy groups -OCH3 is 4. The lowest BCUT2D eigenvalue weighted by molar-refractivity contribution is -0.384. The Hall–Kier alpha value is -5.97. The summed E-state index contributed by atoms with van der Waals surface area (Å²) in [4.78, 5) is 42.5. The highest BCUT2D eigenvalue weighted by Crippen LogP contribution is 2.70. The third kappa shape index (κ3) is 4.17. The molecular formula is C38H31FN2O8. The number of carbonyl (C=O) groups excluding carboxylic acids is 2. The van der Waals surface area contributed by atoms with Gasteiger partial charge in [0.1, 0.15) is 17.1 Å². The van der Waals surface area contributed by atoms with Crippen LogP contribution in [-0.2, 0) is 36.4 Å². The van der Waals surface area contributed by atoms with Gasteiger partial charge in [0.2, 0.25) is 0 Å². The van der Waals surface area contributed by atoms with E-state index >= 15 is 0 Å². The quantitative estimate of drug-likeness (QED) is 0.132. The second-order valence-electron chi connectivity index (χ2n) is 11.9. The lowest BCUT2D eigenvalue weighted by Gasteiger charge is -2.53. The molecule has 0 radical (unpaired) electrons. The monoisotopic (exact) mass is 662 g/mol. The average molecular weight is 663 g/mol. The highest BCUT2D eigenvalue weighted by Gasteiger charge is 2.72. The van der Waals surface area contributed by atoms with E-state index in [0.717, 1.165) is 5.56 Å². The number of nitro groups is 1. The van der Waals surface area contributed by atoms with E-state index in [2.05, 4.69) is 0 Å². The first-order chi connectivity index (χ1) is 23.7. The summed E-state index contributed by atoms with van der Waals surface area (Å²) in [5.74, 6) is -1.12. The van der Waals surface area contributed by atoms with E-state index in [1.165, 1.54) is 46.6 Å². The number of nitro benzene ring substituents is 1. The van der Waals surface area contributed by atoms with Crippen LogP contribution in [0.4, 0.5) is 10.1 Å². The number of benzene rings is 4. The van der Waals surface area contributed by atoms with Gasteiger partial charge in [-0.1, -0.05) is 60.7 Å². The van der Waals surface area contributed by atoms with Crippen LogP contribution in [0.5, 0.6) is 11.5 Å². The van der Waals surface area contributed by atoms with E-state index in [4.69, 9.17) is 18.9 Å². The van der Waals surface area contributed by atoms with Gasteiger partial charge < -0.3 is 23.8 Å². The largest absolute Gasteiger partial charge is 0.493 e. The molecule has 3 aliphatic rings. The number of hydrogen-bond donors (Lipinski definition) is 0. The second kappa shape index (κ2) is 11.6. The Kier molecular flexibility index (Phi) is 7.50. The zero-order chi connectivity index (χ0) is 34.7. The Morgan fingerprint density at radius 2 is 1.53 bits per heavy atom. The summed E-state index contributed by atoms with van der Waals surface area (Å²) in [6.07, 6.45) is 4.11. The molecule has 2 atom stereocenters. The molecule has 0 aromatic heterocycles. The Morgan fingerprint density at radius 1 is 0.857 bits per heavy atom. The van der Waals surface area contributed by atoms with E-state index in [-0.39, 0.29) is 23.5 Å². The van der Waals surface area contributed by atoms with Crippen LogP contribution in [0.3, 0.4) is 0 Å². The number of esters is 2. The van der Waals surface area contributed by atoms with Crippen LogP contribution in [0.15, 0.2) is 96.2 Å². The van der Waals surface area contributed by atoms with Gasteiger partial charge in [0, 0.05) is 12.6 Å². The first-order valence-electron chi connectivity index (χ1n) is 15.5. The van der Waals surface area contributed by atoms with Crippen LogP contribution in [0.2, 0.25) is 0 Å². The summed E-state index contributed by atoms with van der Waals surface area (Å²) in [6.45, 7) is 0.231. The molecular weight excluding hydrogens is 631 g/mol. The van der Waals surface area contributed by atoms with Gasteiger partial charge in [-0.05, 0) is 64.1 Å². The van der Waals surface area contributed by atoms with Crippen LogP contribution < -0.4 is 9.47 Å². The second-order valence-corrected chi connectivity index (χ2v) is 11.9. The molecule has 0 saturated carbocycles. The minimum absolute atomic E-state index is 0.0278. The van der Waals surface area contributed by atoms with Crippen molar-refractivity contribution in [2.45, 2.75) is 17.4 Å². The number of rotatable bonds is 7. The summed E-state index contributed by atoms with van der Waals surface area (Å²) in [5.41, 5.74) is 0.636. The van der Waals surface area contributed by atoms with Crippen LogP contribution >= 0.6 is 0 Å². The number of halogens is 1. The smallest absolute Gasteiger partial charge is 0.354 e. The summed E-state index contributed by atoms with van der Waals surface area (Å²) < 4.78 is 36.4. The Balaban J connectivity index is 1.75. The van der Waals surface area contributed by atoms with E-state index < -0.39 is 33.6 Å². The molecule has 11 heteroatoms. The summed E-state index contributed by atoms with van der Waals surface area (Å²) in [7, 11) is 5.51. The highest BCUT2D eigenvalue weighted by atomic mass is 19.1. The van der Waals surface area contributed by atoms with Crippen molar-refractivity contribution in [1.29, 1.82) is 0 Å². The number of hydrogen-bond acceptors (Lipinski definition) is 9. The maximum atomic E-state index is 14.4. The highest BCUT2D eigenvalue weighted by molar-refractivity contribution is 6.08. The maximum absolute atomic E-state index is 14.4. The summed E-state index contributed by atoms with van der Waals surface area (Å²) in [5, 5.41) is 12.7. The topological polar surface area (TPSA) is 117 Å². The molecule has 0 N–H and O–H groups in total. The lowest BCUT2D eigenvalue weighted by atomic mass is 9.56. The Labute approximate surface area is 281 Å². The van der Waals surface area contributed by atoms with E-state index in [1.807, 2.05) is 29.2 Å². The molecule has 7 rings (SSSR count). The maximum Gasteiger partial charge on any atom is 0.354 e. The zero-order valence-electron chi connectivity index (χ0n) is 27.1. The van der Waals surface area contributed by atoms with Gasteiger partial charge in [-0.3, -0.25) is 10.1 Å². The molecule has 0 saturated heterocycles. The predicted molar refractivity (Wildman–Crippen MR) is 177 cm³/mol. The number of carbonyl (C=O) groups is 2. The fraction of sp³-hybridized carbons (Fsp3) is 0.211. The summed E-state index contributed by atoms with van der Waals surface area (Å²) >= 11 is 0. The predicted octanol–water partition coefficient (Wildman–Crippen LogP) is 6.10. The molecule has 1 aliphatic carbocycles. The molecule has 0 fully saturated rings. The van der Waals surface area contributed by atoms with Crippen LogP contribution in [-0.4, -0.2) is 56.7 Å². The molecule has 2 unspecified atom stereocenters. The fourth-order valence-corrected chi connectivity index (χ4v) is 8.13. The fourth-order valence-electron chi connectivity index (χ4n) is 8.13. The van der Waals surface area contributed by atoms with Gasteiger partial charge in [0.25, 0.3) is 5.69 Å². The van der Waals surface area contributed by atoms with Crippen LogP contribution in [0.25, 0.3) is 17.2 Å². The van der Waals surface area contributed by atoms with Gasteiger partial charge >= 0.3 is 11.9 Å². The molecule has 1 spiro atoms. The Bertz CT molecular complexity index is 2120. The van der Waals surface area contributed by atoms with Crippen molar-refractivity contribution < 1.29 is 37.9 Å². The number of nitrogens with zero attached hydrogens (tertiary/aromatic N) is 2. The molecule has 10 nitrogen and oxygen atoms in total.